The number of hydrogen-bond acceptors (Lipinski definition) is 3. The van der Waals surface area contributed by atoms with Crippen molar-refractivity contribution in [1.29, 1.82) is 0 Å². The van der Waals surface area contributed by atoms with Crippen LogP contribution in [0.5, 0.6) is 0 Å². The van der Waals surface area contributed by atoms with Crippen molar-refractivity contribution in [2.24, 2.45) is 11.5 Å². The van der Waals surface area contributed by atoms with Crippen molar-refractivity contribution in [1.82, 2.24) is 5.32 Å². The average molecular weight is 183 g/mol. The summed E-state index contributed by atoms with van der Waals surface area (Å²) in [6.07, 6.45) is 4.52. The minimum atomic E-state index is -0.330. The summed E-state index contributed by atoms with van der Waals surface area (Å²) in [4.78, 5) is 10.8. The number of piperidine rings is 1. The lowest BCUT2D eigenvalue weighted by molar-refractivity contribution is -0.119. The maximum atomic E-state index is 10.8. The topological polar surface area (TPSA) is 81.1 Å². The molecule has 2 aliphatic heterocycles. The molecule has 5 N–H and O–H groups in total. The lowest BCUT2D eigenvalue weighted by atomic mass is 9.82. The van der Waals surface area contributed by atoms with E-state index in [4.69, 9.17) is 11.5 Å². The molecule has 2 atom stereocenters. The lowest BCUT2D eigenvalue weighted by Gasteiger charge is -2.37. The molecule has 2 rings (SSSR count). The van der Waals surface area contributed by atoms with Crippen LogP contribution >= 0.6 is 0 Å². The Morgan fingerprint density at radius 1 is 1.38 bits per heavy atom. The highest BCUT2D eigenvalue weighted by atomic mass is 16.1. The summed E-state index contributed by atoms with van der Waals surface area (Å²) in [6.45, 7) is 0. The summed E-state index contributed by atoms with van der Waals surface area (Å²) in [5.74, 6) is -0.274. The van der Waals surface area contributed by atoms with Crippen LogP contribution in [0.4, 0.5) is 0 Å². The molecule has 1 amide bonds. The normalized spacial score (nSPS) is 43.5. The van der Waals surface area contributed by atoms with Crippen LogP contribution in [0.3, 0.4) is 0 Å². The highest BCUT2D eigenvalue weighted by Crippen LogP contribution is 2.33. The molecule has 2 bridgehead atoms. The molecule has 0 radical (unpaired) electrons. The van der Waals surface area contributed by atoms with Gasteiger partial charge in [-0.3, -0.25) is 4.79 Å². The summed E-state index contributed by atoms with van der Waals surface area (Å²) in [5, 5.41) is 3.49. The lowest BCUT2D eigenvalue weighted by Crippen LogP contribution is -2.55. The van der Waals surface area contributed by atoms with E-state index in [1.165, 1.54) is 12.8 Å². The molecular formula is C9H17N3O. The standard InChI is InChI=1S/C9H17N3O/c10-8(13)5-9(11)3-6-1-2-7(4-9)12-6/h6-7,12H,1-5,11H2,(H2,10,13). The zero-order chi connectivity index (χ0) is 9.47. The minimum Gasteiger partial charge on any atom is -0.370 e. The number of carbonyl (C=O) groups is 1. The van der Waals surface area contributed by atoms with E-state index in [0.717, 1.165) is 12.8 Å². The van der Waals surface area contributed by atoms with Crippen LogP contribution in [0.2, 0.25) is 0 Å². The second kappa shape index (κ2) is 2.96. The van der Waals surface area contributed by atoms with E-state index in [2.05, 4.69) is 5.32 Å². The van der Waals surface area contributed by atoms with E-state index in [9.17, 15) is 4.79 Å². The Bertz CT molecular complexity index is 217. The van der Waals surface area contributed by atoms with Crippen molar-refractivity contribution in [3.63, 3.8) is 0 Å². The molecule has 2 fully saturated rings. The fraction of sp³-hybridized carbons (Fsp3) is 0.889. The van der Waals surface area contributed by atoms with Gasteiger partial charge in [0, 0.05) is 24.0 Å². The molecule has 74 valence electrons. The second-order valence-electron chi connectivity index (χ2n) is 4.55. The van der Waals surface area contributed by atoms with E-state index in [0.29, 0.717) is 18.5 Å². The molecule has 0 saturated carbocycles. The van der Waals surface area contributed by atoms with Crippen LogP contribution in [-0.2, 0) is 4.79 Å². The fourth-order valence-electron chi connectivity index (χ4n) is 2.78. The van der Waals surface area contributed by atoms with E-state index >= 15 is 0 Å². The third-order valence-corrected chi connectivity index (χ3v) is 3.17. The van der Waals surface area contributed by atoms with Crippen LogP contribution in [0.1, 0.15) is 32.1 Å². The van der Waals surface area contributed by atoms with Crippen molar-refractivity contribution < 1.29 is 4.79 Å². The van der Waals surface area contributed by atoms with Crippen LogP contribution in [-0.4, -0.2) is 23.5 Å². The zero-order valence-corrected chi connectivity index (χ0v) is 7.75. The Hall–Kier alpha value is -0.610. The molecule has 13 heavy (non-hydrogen) atoms. The molecular weight excluding hydrogens is 166 g/mol. The number of amides is 1. The van der Waals surface area contributed by atoms with Crippen LogP contribution in [0.25, 0.3) is 0 Å². The number of carbonyl (C=O) groups excluding carboxylic acids is 1. The van der Waals surface area contributed by atoms with E-state index in [1.807, 2.05) is 0 Å². The molecule has 0 aromatic rings. The van der Waals surface area contributed by atoms with Crippen molar-refractivity contribution in [3.05, 3.63) is 0 Å². The van der Waals surface area contributed by atoms with Gasteiger partial charge in [-0.05, 0) is 25.7 Å². The smallest absolute Gasteiger partial charge is 0.219 e. The van der Waals surface area contributed by atoms with Gasteiger partial charge in [0.05, 0.1) is 0 Å². The Labute approximate surface area is 78.0 Å². The molecule has 0 spiro atoms. The zero-order valence-electron chi connectivity index (χ0n) is 7.75. The van der Waals surface area contributed by atoms with Crippen LogP contribution in [0.15, 0.2) is 0 Å². The van der Waals surface area contributed by atoms with Crippen LogP contribution in [0, 0.1) is 0 Å². The fourth-order valence-corrected chi connectivity index (χ4v) is 2.78. The molecule has 0 aliphatic carbocycles. The third kappa shape index (κ3) is 1.84. The van der Waals surface area contributed by atoms with E-state index in [1.54, 1.807) is 0 Å². The molecule has 2 unspecified atom stereocenters. The van der Waals surface area contributed by atoms with E-state index < -0.39 is 0 Å². The van der Waals surface area contributed by atoms with Gasteiger partial charge in [0.2, 0.25) is 5.91 Å². The van der Waals surface area contributed by atoms with Gasteiger partial charge in [-0.1, -0.05) is 0 Å². The molecule has 0 aromatic carbocycles. The SMILES string of the molecule is NC(=O)CC1(N)CC2CCC(C1)N2. The summed E-state index contributed by atoms with van der Waals surface area (Å²) in [6, 6.07) is 1.03. The second-order valence-corrected chi connectivity index (χ2v) is 4.55. The summed E-state index contributed by atoms with van der Waals surface area (Å²) < 4.78 is 0. The Balaban J connectivity index is 2.03. The van der Waals surface area contributed by atoms with Gasteiger partial charge < -0.3 is 16.8 Å². The summed E-state index contributed by atoms with van der Waals surface area (Å²) in [7, 11) is 0. The van der Waals surface area contributed by atoms with Gasteiger partial charge in [-0.25, -0.2) is 0 Å². The summed E-state index contributed by atoms with van der Waals surface area (Å²) in [5.41, 5.74) is 11.0. The average Bonchev–Trinajstić information content (AvgIpc) is 2.27. The number of nitrogens with one attached hydrogen (secondary N) is 1. The third-order valence-electron chi connectivity index (χ3n) is 3.17. The monoisotopic (exact) mass is 183 g/mol. The van der Waals surface area contributed by atoms with Gasteiger partial charge >= 0.3 is 0 Å². The van der Waals surface area contributed by atoms with Crippen molar-refractivity contribution >= 4 is 5.91 Å². The van der Waals surface area contributed by atoms with Gasteiger partial charge in [-0.2, -0.15) is 0 Å². The first-order valence-corrected chi connectivity index (χ1v) is 4.91. The first kappa shape index (κ1) is 8.97. The summed E-state index contributed by atoms with van der Waals surface area (Å²) >= 11 is 0. The molecule has 4 heteroatoms. The van der Waals surface area contributed by atoms with Crippen molar-refractivity contribution in [3.8, 4) is 0 Å². The Morgan fingerprint density at radius 2 is 1.92 bits per heavy atom. The Kier molecular flexibility index (Phi) is 2.04. The molecule has 4 nitrogen and oxygen atoms in total. The quantitative estimate of drug-likeness (QED) is 0.538. The minimum absolute atomic E-state index is 0.274. The maximum absolute atomic E-state index is 10.8. The molecule has 2 saturated heterocycles. The predicted molar refractivity (Wildman–Crippen MR) is 49.9 cm³/mol. The number of hydrogen-bond donors (Lipinski definition) is 3. The number of nitrogens with two attached hydrogens (primary N) is 2. The maximum Gasteiger partial charge on any atom is 0.219 e. The predicted octanol–water partition coefficient (Wildman–Crippen LogP) is -0.526. The highest BCUT2D eigenvalue weighted by molar-refractivity contribution is 5.75. The molecule has 2 aliphatic rings. The number of fused-ring (bicyclic) bond motifs is 2. The molecule has 0 aromatic heterocycles. The Morgan fingerprint density at radius 3 is 2.38 bits per heavy atom. The van der Waals surface area contributed by atoms with E-state index in [-0.39, 0.29) is 11.4 Å². The first-order valence-electron chi connectivity index (χ1n) is 4.91. The highest BCUT2D eigenvalue weighted by Gasteiger charge is 2.41. The number of primary amides is 1. The van der Waals surface area contributed by atoms with Crippen molar-refractivity contribution in [2.75, 3.05) is 0 Å². The van der Waals surface area contributed by atoms with Crippen molar-refractivity contribution in [2.45, 2.75) is 49.7 Å². The van der Waals surface area contributed by atoms with Gasteiger partial charge in [0.15, 0.2) is 0 Å². The van der Waals surface area contributed by atoms with Gasteiger partial charge in [0.25, 0.3) is 0 Å². The van der Waals surface area contributed by atoms with Gasteiger partial charge in [0.1, 0.15) is 0 Å². The van der Waals surface area contributed by atoms with Gasteiger partial charge in [-0.15, -0.1) is 0 Å². The largest absolute Gasteiger partial charge is 0.370 e. The number of rotatable bonds is 2. The first-order chi connectivity index (χ1) is 6.07. The molecule has 2 heterocycles. The van der Waals surface area contributed by atoms with Crippen LogP contribution < -0.4 is 16.8 Å².